The largest absolute Gasteiger partial charge is 0.480 e. The second-order valence-electron chi connectivity index (χ2n) is 4.46. The number of amides is 1. The van der Waals surface area contributed by atoms with E-state index in [4.69, 9.17) is 14.6 Å². The van der Waals surface area contributed by atoms with Gasteiger partial charge in [0.2, 0.25) is 0 Å². The molecule has 2 unspecified atom stereocenters. The van der Waals surface area contributed by atoms with E-state index >= 15 is 0 Å². The lowest BCUT2D eigenvalue weighted by Gasteiger charge is -2.24. The van der Waals surface area contributed by atoms with Gasteiger partial charge in [-0.3, -0.25) is 4.79 Å². The third-order valence-electron chi connectivity index (χ3n) is 2.43. The van der Waals surface area contributed by atoms with Crippen molar-refractivity contribution in [2.75, 3.05) is 19.8 Å². The molecule has 17 heavy (non-hydrogen) atoms. The molecule has 1 saturated heterocycles. The highest BCUT2D eigenvalue weighted by molar-refractivity contribution is 5.86. The maximum Gasteiger partial charge on any atom is 0.326 e. The van der Waals surface area contributed by atoms with E-state index in [1.807, 2.05) is 13.8 Å². The summed E-state index contributed by atoms with van der Waals surface area (Å²) >= 11 is 0. The van der Waals surface area contributed by atoms with Gasteiger partial charge in [0.15, 0.2) is 6.10 Å². The molecule has 0 aromatic rings. The zero-order chi connectivity index (χ0) is 12.8. The van der Waals surface area contributed by atoms with Crippen LogP contribution in [0.1, 0.15) is 20.3 Å². The van der Waals surface area contributed by atoms with Gasteiger partial charge in [0.25, 0.3) is 5.91 Å². The van der Waals surface area contributed by atoms with Crippen molar-refractivity contribution in [1.82, 2.24) is 5.32 Å². The summed E-state index contributed by atoms with van der Waals surface area (Å²) in [5.74, 6) is -1.25. The van der Waals surface area contributed by atoms with Crippen LogP contribution in [0.3, 0.4) is 0 Å². The zero-order valence-corrected chi connectivity index (χ0v) is 10.1. The van der Waals surface area contributed by atoms with Crippen molar-refractivity contribution in [3.8, 4) is 0 Å². The van der Waals surface area contributed by atoms with Crippen molar-refractivity contribution in [3.05, 3.63) is 0 Å². The summed E-state index contributed by atoms with van der Waals surface area (Å²) < 4.78 is 10.3. The van der Waals surface area contributed by atoms with Gasteiger partial charge in [-0.1, -0.05) is 13.8 Å². The lowest BCUT2D eigenvalue weighted by Crippen LogP contribution is -2.49. The predicted octanol–water partition coefficient (Wildman–Crippen LogP) is 0.0173. The molecule has 98 valence electrons. The molecule has 0 bridgehead atoms. The molecule has 0 saturated carbocycles. The number of aliphatic carboxylic acids is 1. The Labute approximate surface area is 100 Å². The summed E-state index contributed by atoms with van der Waals surface area (Å²) in [5, 5.41) is 11.5. The normalized spacial score (nSPS) is 22.2. The summed E-state index contributed by atoms with van der Waals surface area (Å²) in [5.41, 5.74) is 0. The predicted molar refractivity (Wildman–Crippen MR) is 59.6 cm³/mol. The van der Waals surface area contributed by atoms with Crippen LogP contribution in [0.25, 0.3) is 0 Å². The van der Waals surface area contributed by atoms with Crippen LogP contribution >= 0.6 is 0 Å². The fourth-order valence-electron chi connectivity index (χ4n) is 1.60. The van der Waals surface area contributed by atoms with E-state index in [2.05, 4.69) is 5.32 Å². The minimum Gasteiger partial charge on any atom is -0.480 e. The smallest absolute Gasteiger partial charge is 0.326 e. The van der Waals surface area contributed by atoms with Crippen molar-refractivity contribution in [3.63, 3.8) is 0 Å². The van der Waals surface area contributed by atoms with E-state index in [0.717, 1.165) is 0 Å². The van der Waals surface area contributed by atoms with Crippen LogP contribution in [-0.4, -0.2) is 48.9 Å². The molecule has 1 aliphatic heterocycles. The topological polar surface area (TPSA) is 84.9 Å². The molecular weight excluding hydrogens is 226 g/mol. The highest BCUT2D eigenvalue weighted by Gasteiger charge is 2.27. The Morgan fingerprint density at radius 1 is 1.41 bits per heavy atom. The van der Waals surface area contributed by atoms with Crippen LogP contribution in [-0.2, 0) is 19.1 Å². The standard InChI is InChI=1S/C11H19NO5/c1-7(2)5-8(11(14)15)12-10(13)9-6-16-3-4-17-9/h7-9H,3-6H2,1-2H3,(H,12,13)(H,14,15). The number of carboxylic acids is 1. The fraction of sp³-hybridized carbons (Fsp3) is 0.818. The lowest BCUT2D eigenvalue weighted by atomic mass is 10.0. The highest BCUT2D eigenvalue weighted by atomic mass is 16.6. The monoisotopic (exact) mass is 245 g/mol. The van der Waals surface area contributed by atoms with Gasteiger partial charge in [0.05, 0.1) is 19.8 Å². The third kappa shape index (κ3) is 4.70. The highest BCUT2D eigenvalue weighted by Crippen LogP contribution is 2.07. The Morgan fingerprint density at radius 3 is 2.59 bits per heavy atom. The van der Waals surface area contributed by atoms with Crippen LogP contribution in [0.15, 0.2) is 0 Å². The van der Waals surface area contributed by atoms with Gasteiger partial charge < -0.3 is 19.9 Å². The molecule has 6 heteroatoms. The summed E-state index contributed by atoms with van der Waals surface area (Å²) in [6, 6.07) is -0.868. The molecule has 0 aromatic carbocycles. The number of carbonyl (C=O) groups excluding carboxylic acids is 1. The Morgan fingerprint density at radius 2 is 2.12 bits per heavy atom. The maximum atomic E-state index is 11.7. The van der Waals surface area contributed by atoms with Crippen molar-refractivity contribution in [1.29, 1.82) is 0 Å². The van der Waals surface area contributed by atoms with E-state index in [0.29, 0.717) is 19.6 Å². The van der Waals surface area contributed by atoms with Crippen LogP contribution in [0.5, 0.6) is 0 Å². The number of ether oxygens (including phenoxy) is 2. The number of carbonyl (C=O) groups is 2. The first-order chi connectivity index (χ1) is 8.00. The Balaban J connectivity index is 2.47. The molecule has 2 N–H and O–H groups in total. The number of hydrogen-bond donors (Lipinski definition) is 2. The van der Waals surface area contributed by atoms with Gasteiger partial charge in [-0.25, -0.2) is 4.79 Å². The van der Waals surface area contributed by atoms with Crippen LogP contribution in [0.2, 0.25) is 0 Å². The SMILES string of the molecule is CC(C)CC(NC(=O)C1COCCO1)C(=O)O. The van der Waals surface area contributed by atoms with Crippen molar-refractivity contribution in [2.45, 2.75) is 32.4 Å². The maximum absolute atomic E-state index is 11.7. The summed E-state index contributed by atoms with van der Waals surface area (Å²) in [6.07, 6.45) is -0.299. The first-order valence-electron chi connectivity index (χ1n) is 5.73. The molecule has 1 rings (SSSR count). The van der Waals surface area contributed by atoms with Crippen molar-refractivity contribution in [2.24, 2.45) is 5.92 Å². The second kappa shape index (κ2) is 6.56. The van der Waals surface area contributed by atoms with Crippen LogP contribution in [0.4, 0.5) is 0 Å². The molecule has 0 aliphatic carbocycles. The van der Waals surface area contributed by atoms with E-state index in [9.17, 15) is 9.59 Å². The molecule has 2 atom stereocenters. The van der Waals surface area contributed by atoms with Gasteiger partial charge in [-0.2, -0.15) is 0 Å². The minimum absolute atomic E-state index is 0.180. The molecular formula is C11H19NO5. The Bertz CT molecular complexity index is 273. The van der Waals surface area contributed by atoms with Gasteiger partial charge in [0, 0.05) is 0 Å². The van der Waals surface area contributed by atoms with E-state index in [1.165, 1.54) is 0 Å². The quantitative estimate of drug-likeness (QED) is 0.713. The molecule has 1 fully saturated rings. The first kappa shape index (κ1) is 13.9. The van der Waals surface area contributed by atoms with Crippen LogP contribution in [0, 0.1) is 5.92 Å². The Kier molecular flexibility index (Phi) is 5.37. The average Bonchev–Trinajstić information content (AvgIpc) is 2.28. The third-order valence-corrected chi connectivity index (χ3v) is 2.43. The van der Waals surface area contributed by atoms with E-state index < -0.39 is 24.0 Å². The Hall–Kier alpha value is -1.14. The number of carboxylic acid groups (broad SMARTS) is 1. The summed E-state index contributed by atoms with van der Waals surface area (Å²) in [7, 11) is 0. The minimum atomic E-state index is -1.02. The summed E-state index contributed by atoms with van der Waals surface area (Å²) in [6.45, 7) is 4.82. The average molecular weight is 245 g/mol. The van der Waals surface area contributed by atoms with Gasteiger partial charge in [-0.05, 0) is 12.3 Å². The molecule has 6 nitrogen and oxygen atoms in total. The molecule has 1 aliphatic rings. The van der Waals surface area contributed by atoms with Gasteiger partial charge in [-0.15, -0.1) is 0 Å². The number of hydrogen-bond acceptors (Lipinski definition) is 4. The zero-order valence-electron chi connectivity index (χ0n) is 10.1. The molecule has 1 amide bonds. The summed E-state index contributed by atoms with van der Waals surface area (Å²) in [4.78, 5) is 22.7. The first-order valence-corrected chi connectivity index (χ1v) is 5.73. The molecule has 1 heterocycles. The van der Waals surface area contributed by atoms with Crippen molar-refractivity contribution >= 4 is 11.9 Å². The number of rotatable bonds is 5. The fourth-order valence-corrected chi connectivity index (χ4v) is 1.60. The second-order valence-corrected chi connectivity index (χ2v) is 4.46. The van der Waals surface area contributed by atoms with Gasteiger partial charge in [0.1, 0.15) is 6.04 Å². The van der Waals surface area contributed by atoms with Gasteiger partial charge >= 0.3 is 5.97 Å². The lowest BCUT2D eigenvalue weighted by molar-refractivity contribution is -0.152. The van der Waals surface area contributed by atoms with E-state index in [-0.39, 0.29) is 12.5 Å². The van der Waals surface area contributed by atoms with Crippen molar-refractivity contribution < 1.29 is 24.2 Å². The molecule has 0 radical (unpaired) electrons. The number of nitrogens with one attached hydrogen (secondary N) is 1. The molecule has 0 aromatic heterocycles. The molecule has 0 spiro atoms. The van der Waals surface area contributed by atoms with E-state index in [1.54, 1.807) is 0 Å². The van der Waals surface area contributed by atoms with Crippen LogP contribution < -0.4 is 5.32 Å².